The summed E-state index contributed by atoms with van der Waals surface area (Å²) in [6, 6.07) is 10.7. The molecule has 1 aromatic carbocycles. The second-order valence-electron chi connectivity index (χ2n) is 4.66. The summed E-state index contributed by atoms with van der Waals surface area (Å²) in [5.74, 6) is 0.570. The first-order valence-corrected chi connectivity index (χ1v) is 7.73. The number of nitrogens with one attached hydrogen (secondary N) is 1. The molecule has 0 bridgehead atoms. The van der Waals surface area contributed by atoms with Crippen molar-refractivity contribution >= 4 is 28.3 Å². The molecule has 1 amide bonds. The van der Waals surface area contributed by atoms with Gasteiger partial charge in [-0.15, -0.1) is 0 Å². The lowest BCUT2D eigenvalue weighted by atomic mass is 10.1. The Hall–Kier alpha value is -2.67. The van der Waals surface area contributed by atoms with Gasteiger partial charge >= 0.3 is 5.00 Å². The molecule has 6 nitrogen and oxygen atoms in total. The highest BCUT2D eigenvalue weighted by atomic mass is 32.1. The number of nitro groups is 1. The zero-order valence-electron chi connectivity index (χ0n) is 12.5. The molecular formula is C16H16N2O4S. The van der Waals surface area contributed by atoms with Gasteiger partial charge in [-0.1, -0.05) is 23.5 Å². The minimum atomic E-state index is -0.447. The number of amides is 1. The summed E-state index contributed by atoms with van der Waals surface area (Å²) < 4.78 is 5.08. The van der Waals surface area contributed by atoms with Crippen molar-refractivity contribution < 1.29 is 14.5 Å². The lowest BCUT2D eigenvalue weighted by Gasteiger charge is -2.04. The Balaban J connectivity index is 1.77. The van der Waals surface area contributed by atoms with Gasteiger partial charge in [-0.25, -0.2) is 0 Å². The van der Waals surface area contributed by atoms with Gasteiger partial charge in [-0.2, -0.15) is 0 Å². The predicted octanol–water partition coefficient (Wildman–Crippen LogP) is 3.04. The van der Waals surface area contributed by atoms with E-state index >= 15 is 0 Å². The van der Waals surface area contributed by atoms with Gasteiger partial charge in [0.05, 0.1) is 12.0 Å². The Labute approximate surface area is 137 Å². The summed E-state index contributed by atoms with van der Waals surface area (Å²) in [5.41, 5.74) is 1.10. The second kappa shape index (κ2) is 8.09. The van der Waals surface area contributed by atoms with Crippen molar-refractivity contribution in [2.24, 2.45) is 0 Å². The Morgan fingerprint density at radius 1 is 1.30 bits per heavy atom. The van der Waals surface area contributed by atoms with Gasteiger partial charge in [-0.3, -0.25) is 14.9 Å². The number of ether oxygens (including phenoxy) is 1. The molecule has 1 aromatic heterocycles. The minimum Gasteiger partial charge on any atom is -0.497 e. The summed E-state index contributed by atoms with van der Waals surface area (Å²) in [6.07, 6.45) is 3.66. The molecule has 0 fully saturated rings. The van der Waals surface area contributed by atoms with Crippen LogP contribution in [0.15, 0.2) is 42.5 Å². The van der Waals surface area contributed by atoms with Crippen LogP contribution in [-0.2, 0) is 11.2 Å². The zero-order chi connectivity index (χ0) is 16.7. The molecule has 0 aliphatic rings. The Morgan fingerprint density at radius 3 is 2.65 bits per heavy atom. The smallest absolute Gasteiger partial charge is 0.324 e. The van der Waals surface area contributed by atoms with Crippen molar-refractivity contribution in [3.8, 4) is 5.75 Å². The van der Waals surface area contributed by atoms with Gasteiger partial charge in [0.15, 0.2) is 0 Å². The second-order valence-corrected chi connectivity index (χ2v) is 5.75. The van der Waals surface area contributed by atoms with E-state index in [1.54, 1.807) is 19.3 Å². The van der Waals surface area contributed by atoms with Crippen LogP contribution in [0.4, 0.5) is 5.00 Å². The molecule has 0 aliphatic carbocycles. The number of thiophene rings is 1. The van der Waals surface area contributed by atoms with Crippen LogP contribution in [0.1, 0.15) is 10.4 Å². The average Bonchev–Trinajstić information content (AvgIpc) is 3.03. The quantitative estimate of drug-likeness (QED) is 0.480. The maximum Gasteiger partial charge on any atom is 0.324 e. The van der Waals surface area contributed by atoms with Crippen molar-refractivity contribution in [2.75, 3.05) is 13.7 Å². The fourth-order valence-corrected chi connectivity index (χ4v) is 2.59. The average molecular weight is 332 g/mol. The summed E-state index contributed by atoms with van der Waals surface area (Å²) in [6.45, 7) is 0.514. The first-order valence-electron chi connectivity index (χ1n) is 6.91. The third-order valence-electron chi connectivity index (χ3n) is 3.06. The summed E-state index contributed by atoms with van der Waals surface area (Å²) >= 11 is 1.03. The molecule has 7 heteroatoms. The third kappa shape index (κ3) is 5.23. The van der Waals surface area contributed by atoms with Crippen LogP contribution in [0, 0.1) is 10.1 Å². The Kier molecular flexibility index (Phi) is 5.87. The highest BCUT2D eigenvalue weighted by Gasteiger charge is 2.07. The largest absolute Gasteiger partial charge is 0.497 e. The van der Waals surface area contributed by atoms with Crippen molar-refractivity contribution in [1.82, 2.24) is 5.32 Å². The summed E-state index contributed by atoms with van der Waals surface area (Å²) in [7, 11) is 1.61. The van der Waals surface area contributed by atoms with Crippen LogP contribution in [0.5, 0.6) is 5.75 Å². The highest BCUT2D eigenvalue weighted by molar-refractivity contribution is 7.16. The van der Waals surface area contributed by atoms with Crippen LogP contribution >= 0.6 is 11.3 Å². The molecule has 0 radical (unpaired) electrons. The number of rotatable bonds is 7. The number of hydrogen-bond acceptors (Lipinski definition) is 5. The maximum atomic E-state index is 11.7. The van der Waals surface area contributed by atoms with Crippen LogP contribution in [0.25, 0.3) is 6.08 Å². The molecule has 0 spiro atoms. The van der Waals surface area contributed by atoms with E-state index in [-0.39, 0.29) is 10.9 Å². The standard InChI is InChI=1S/C16H16N2O4S/c1-22-13-4-2-12(3-5-13)10-11-17-15(19)8-6-14-7-9-16(23-14)18(20)21/h2-9H,10-11H2,1H3,(H,17,19)/b8-6+. The fourth-order valence-electron chi connectivity index (χ4n) is 1.87. The van der Waals surface area contributed by atoms with Crippen LogP contribution in [0.2, 0.25) is 0 Å². The molecule has 2 rings (SSSR count). The number of carbonyl (C=O) groups is 1. The molecule has 23 heavy (non-hydrogen) atoms. The first-order chi connectivity index (χ1) is 11.1. The molecule has 120 valence electrons. The number of hydrogen-bond donors (Lipinski definition) is 1. The molecule has 0 atom stereocenters. The fraction of sp³-hybridized carbons (Fsp3) is 0.188. The van der Waals surface area contributed by atoms with Crippen LogP contribution in [-0.4, -0.2) is 24.5 Å². The topological polar surface area (TPSA) is 81.5 Å². The molecule has 1 heterocycles. The van der Waals surface area contributed by atoms with Crippen LogP contribution in [0.3, 0.4) is 0 Å². The molecule has 0 unspecified atom stereocenters. The van der Waals surface area contributed by atoms with E-state index in [0.29, 0.717) is 17.8 Å². The van der Waals surface area contributed by atoms with Crippen molar-refractivity contribution in [3.63, 3.8) is 0 Å². The van der Waals surface area contributed by atoms with Gasteiger partial charge in [0.25, 0.3) is 0 Å². The van der Waals surface area contributed by atoms with E-state index in [0.717, 1.165) is 22.6 Å². The van der Waals surface area contributed by atoms with E-state index in [9.17, 15) is 14.9 Å². The van der Waals surface area contributed by atoms with E-state index in [4.69, 9.17) is 4.74 Å². The van der Waals surface area contributed by atoms with Crippen molar-refractivity contribution in [3.05, 3.63) is 63.0 Å². The van der Waals surface area contributed by atoms with E-state index in [1.165, 1.54) is 12.1 Å². The third-order valence-corrected chi connectivity index (χ3v) is 4.07. The summed E-state index contributed by atoms with van der Waals surface area (Å²) in [4.78, 5) is 22.5. The lowest BCUT2D eigenvalue weighted by Crippen LogP contribution is -2.23. The lowest BCUT2D eigenvalue weighted by molar-refractivity contribution is -0.380. The number of nitrogens with zero attached hydrogens (tertiary/aromatic N) is 1. The minimum absolute atomic E-state index is 0.0598. The molecule has 2 aromatic rings. The first kappa shape index (κ1) is 16.7. The van der Waals surface area contributed by atoms with Crippen molar-refractivity contribution in [1.29, 1.82) is 0 Å². The maximum absolute atomic E-state index is 11.7. The van der Waals surface area contributed by atoms with Gasteiger partial charge < -0.3 is 10.1 Å². The Morgan fingerprint density at radius 2 is 2.04 bits per heavy atom. The van der Waals surface area contributed by atoms with E-state index in [1.807, 2.05) is 24.3 Å². The van der Waals surface area contributed by atoms with Gasteiger partial charge in [0.1, 0.15) is 5.75 Å². The molecule has 1 N–H and O–H groups in total. The SMILES string of the molecule is COc1ccc(CCNC(=O)/C=C/c2ccc([N+](=O)[O-])s2)cc1. The van der Waals surface area contributed by atoms with Crippen LogP contribution < -0.4 is 10.1 Å². The summed E-state index contributed by atoms with van der Waals surface area (Å²) in [5, 5.41) is 13.4. The monoisotopic (exact) mass is 332 g/mol. The number of methoxy groups -OCH3 is 1. The molecule has 0 saturated heterocycles. The number of benzene rings is 1. The van der Waals surface area contributed by atoms with Gasteiger partial charge in [-0.05, 0) is 36.3 Å². The molecule has 0 aliphatic heterocycles. The van der Waals surface area contributed by atoms with Crippen molar-refractivity contribution in [2.45, 2.75) is 6.42 Å². The normalized spacial score (nSPS) is 10.7. The molecule has 0 saturated carbocycles. The Bertz CT molecular complexity index is 707. The number of carbonyl (C=O) groups excluding carboxylic acids is 1. The van der Waals surface area contributed by atoms with E-state index < -0.39 is 4.92 Å². The van der Waals surface area contributed by atoms with E-state index in [2.05, 4.69) is 5.32 Å². The molecular weight excluding hydrogens is 316 g/mol. The predicted molar refractivity (Wildman–Crippen MR) is 89.7 cm³/mol. The van der Waals surface area contributed by atoms with Gasteiger partial charge in [0.2, 0.25) is 5.91 Å². The zero-order valence-corrected chi connectivity index (χ0v) is 13.3. The van der Waals surface area contributed by atoms with Gasteiger partial charge in [0, 0.05) is 23.6 Å². The highest BCUT2D eigenvalue weighted by Crippen LogP contribution is 2.24.